The fraction of sp³-hybridized carbons (Fsp3) is 0.200. The summed E-state index contributed by atoms with van der Waals surface area (Å²) in [5.74, 6) is 0. The lowest BCUT2D eigenvalue weighted by Gasteiger charge is -1.89. The van der Waals surface area contributed by atoms with Gasteiger partial charge in [0.1, 0.15) is 11.4 Å². The normalized spacial score (nSPS) is 15.6. The summed E-state index contributed by atoms with van der Waals surface area (Å²) in [5.41, 5.74) is 0. The van der Waals surface area contributed by atoms with E-state index in [0.717, 1.165) is 10.1 Å². The number of aromatic nitrogens is 2. The van der Waals surface area contributed by atoms with Gasteiger partial charge in [-0.3, -0.25) is 0 Å². The third-order valence-corrected chi connectivity index (χ3v) is 3.33. The van der Waals surface area contributed by atoms with Crippen LogP contribution in [0.25, 0.3) is 0 Å². The first kappa shape index (κ1) is 5.56. The Balaban J connectivity index is 2.54. The summed E-state index contributed by atoms with van der Waals surface area (Å²) in [4.78, 5) is 9.23. The van der Waals surface area contributed by atoms with E-state index in [2.05, 4.69) is 9.97 Å². The summed E-state index contributed by atoms with van der Waals surface area (Å²) >= 11 is 3.59. The van der Waals surface area contributed by atoms with E-state index >= 15 is 0 Å². The first-order chi connectivity index (χ1) is 4.47. The molecule has 0 aromatic carbocycles. The minimum absolute atomic E-state index is 1.09. The third-order valence-electron chi connectivity index (χ3n) is 1.05. The van der Waals surface area contributed by atoms with E-state index in [-0.39, 0.29) is 0 Å². The van der Waals surface area contributed by atoms with E-state index in [1.54, 1.807) is 29.9 Å². The van der Waals surface area contributed by atoms with Gasteiger partial charge in [-0.25, -0.2) is 9.97 Å². The molecule has 2 heterocycles. The van der Waals surface area contributed by atoms with Crippen LogP contribution in [0.15, 0.2) is 22.4 Å². The lowest BCUT2D eigenvalue weighted by atomic mass is 10.7. The SMILES string of the molecule is c1ncc2c(n1)SCS2. The van der Waals surface area contributed by atoms with E-state index in [9.17, 15) is 0 Å². The first-order valence-corrected chi connectivity index (χ1v) is 4.49. The van der Waals surface area contributed by atoms with Crippen molar-refractivity contribution in [2.45, 2.75) is 9.92 Å². The third kappa shape index (κ3) is 0.923. The lowest BCUT2D eigenvalue weighted by Crippen LogP contribution is -1.78. The standard InChI is InChI=1S/C5H4N2S2/c1-4-5(7-2-6-1)9-3-8-4/h1-2H,3H2. The lowest BCUT2D eigenvalue weighted by molar-refractivity contribution is 0.969. The molecule has 0 bridgehead atoms. The van der Waals surface area contributed by atoms with Crippen LogP contribution in [0.1, 0.15) is 0 Å². The van der Waals surface area contributed by atoms with Gasteiger partial charge in [-0.1, -0.05) is 11.8 Å². The highest BCUT2D eigenvalue weighted by Crippen LogP contribution is 2.38. The second kappa shape index (κ2) is 2.19. The van der Waals surface area contributed by atoms with Crippen LogP contribution in [0.3, 0.4) is 0 Å². The van der Waals surface area contributed by atoms with Gasteiger partial charge in [-0.2, -0.15) is 0 Å². The van der Waals surface area contributed by atoms with Gasteiger partial charge in [-0.05, 0) is 0 Å². The number of nitrogens with zero attached hydrogens (tertiary/aromatic N) is 2. The number of thioether (sulfide) groups is 2. The average Bonchev–Trinajstić information content (AvgIpc) is 2.33. The second-order valence-corrected chi connectivity index (χ2v) is 3.95. The minimum atomic E-state index is 1.09. The molecular weight excluding hydrogens is 152 g/mol. The van der Waals surface area contributed by atoms with Crippen LogP contribution in [-0.4, -0.2) is 15.1 Å². The molecule has 0 aliphatic carbocycles. The highest BCUT2D eigenvalue weighted by molar-refractivity contribution is 8.18. The molecule has 0 N–H and O–H groups in total. The molecule has 0 saturated carbocycles. The second-order valence-electron chi connectivity index (χ2n) is 1.60. The number of hydrogen-bond donors (Lipinski definition) is 0. The molecule has 1 aromatic heterocycles. The van der Waals surface area contributed by atoms with E-state index in [4.69, 9.17) is 0 Å². The molecule has 1 aliphatic rings. The zero-order chi connectivity index (χ0) is 6.10. The molecule has 4 heteroatoms. The van der Waals surface area contributed by atoms with E-state index in [1.807, 2.05) is 6.20 Å². The Morgan fingerprint density at radius 2 is 2.44 bits per heavy atom. The summed E-state index contributed by atoms with van der Waals surface area (Å²) in [6.45, 7) is 0. The zero-order valence-electron chi connectivity index (χ0n) is 4.57. The predicted octanol–water partition coefficient (Wildman–Crippen LogP) is 1.63. The van der Waals surface area contributed by atoms with Crippen molar-refractivity contribution in [3.8, 4) is 0 Å². The summed E-state index contributed by atoms with van der Waals surface area (Å²) in [7, 11) is 0. The summed E-state index contributed by atoms with van der Waals surface area (Å²) in [6, 6.07) is 0. The molecule has 0 unspecified atom stereocenters. The van der Waals surface area contributed by atoms with Crippen LogP contribution in [0.2, 0.25) is 0 Å². The molecule has 46 valence electrons. The Kier molecular flexibility index (Phi) is 1.35. The van der Waals surface area contributed by atoms with Crippen molar-refractivity contribution in [2.75, 3.05) is 5.08 Å². The molecule has 0 atom stereocenters. The van der Waals surface area contributed by atoms with Crippen molar-refractivity contribution in [1.29, 1.82) is 0 Å². The molecule has 9 heavy (non-hydrogen) atoms. The van der Waals surface area contributed by atoms with Crippen LogP contribution in [-0.2, 0) is 0 Å². The quantitative estimate of drug-likeness (QED) is 0.533. The smallest absolute Gasteiger partial charge is 0.116 e. The van der Waals surface area contributed by atoms with Crippen molar-refractivity contribution < 1.29 is 0 Å². The zero-order valence-corrected chi connectivity index (χ0v) is 6.21. The Morgan fingerprint density at radius 1 is 1.44 bits per heavy atom. The number of fused-ring (bicyclic) bond motifs is 1. The van der Waals surface area contributed by atoms with E-state index in [1.165, 1.54) is 4.90 Å². The van der Waals surface area contributed by atoms with Crippen molar-refractivity contribution >= 4 is 23.5 Å². The fourth-order valence-corrected chi connectivity index (χ4v) is 2.83. The molecule has 2 nitrogen and oxygen atoms in total. The fourth-order valence-electron chi connectivity index (χ4n) is 0.662. The van der Waals surface area contributed by atoms with Crippen molar-refractivity contribution in [2.24, 2.45) is 0 Å². The van der Waals surface area contributed by atoms with E-state index < -0.39 is 0 Å². The van der Waals surface area contributed by atoms with Crippen molar-refractivity contribution in [3.63, 3.8) is 0 Å². The number of hydrogen-bond acceptors (Lipinski definition) is 4. The molecule has 2 rings (SSSR count). The van der Waals surface area contributed by atoms with Crippen LogP contribution in [0, 0.1) is 0 Å². The van der Waals surface area contributed by atoms with Crippen molar-refractivity contribution in [1.82, 2.24) is 9.97 Å². The van der Waals surface area contributed by atoms with Crippen LogP contribution >= 0.6 is 23.5 Å². The molecule has 0 amide bonds. The van der Waals surface area contributed by atoms with Gasteiger partial charge in [0.25, 0.3) is 0 Å². The van der Waals surface area contributed by atoms with Gasteiger partial charge in [-0.15, -0.1) is 11.8 Å². The first-order valence-electron chi connectivity index (χ1n) is 2.52. The Labute approximate surface area is 61.5 Å². The minimum Gasteiger partial charge on any atom is -0.244 e. The Hall–Kier alpha value is -0.220. The van der Waals surface area contributed by atoms with Crippen LogP contribution in [0.5, 0.6) is 0 Å². The average molecular weight is 156 g/mol. The van der Waals surface area contributed by atoms with Gasteiger partial charge < -0.3 is 0 Å². The van der Waals surface area contributed by atoms with Gasteiger partial charge in [0.05, 0.1) is 9.98 Å². The van der Waals surface area contributed by atoms with Gasteiger partial charge >= 0.3 is 0 Å². The maximum Gasteiger partial charge on any atom is 0.116 e. The summed E-state index contributed by atoms with van der Waals surface area (Å²) in [5, 5.41) is 2.23. The monoisotopic (exact) mass is 156 g/mol. The molecular formula is C5H4N2S2. The van der Waals surface area contributed by atoms with Gasteiger partial charge in [0, 0.05) is 6.20 Å². The highest BCUT2D eigenvalue weighted by atomic mass is 32.2. The molecule has 0 radical (unpaired) electrons. The number of rotatable bonds is 0. The Morgan fingerprint density at radius 3 is 3.33 bits per heavy atom. The predicted molar refractivity (Wildman–Crippen MR) is 38.6 cm³/mol. The largest absolute Gasteiger partial charge is 0.244 e. The molecule has 0 spiro atoms. The molecule has 1 aliphatic heterocycles. The van der Waals surface area contributed by atoms with Gasteiger partial charge in [0.15, 0.2) is 0 Å². The van der Waals surface area contributed by atoms with Crippen LogP contribution in [0.4, 0.5) is 0 Å². The van der Waals surface area contributed by atoms with E-state index in [0.29, 0.717) is 0 Å². The molecule has 1 aromatic rings. The highest BCUT2D eigenvalue weighted by Gasteiger charge is 2.11. The topological polar surface area (TPSA) is 25.8 Å². The summed E-state index contributed by atoms with van der Waals surface area (Å²) < 4.78 is 0. The molecule has 0 fully saturated rings. The maximum absolute atomic E-state index is 4.09. The Bertz CT molecular complexity index is 203. The molecule has 0 saturated heterocycles. The maximum atomic E-state index is 4.09. The summed E-state index contributed by atoms with van der Waals surface area (Å²) in [6.07, 6.45) is 3.46. The van der Waals surface area contributed by atoms with Crippen LogP contribution < -0.4 is 0 Å². The van der Waals surface area contributed by atoms with Crippen molar-refractivity contribution in [3.05, 3.63) is 12.5 Å². The van der Waals surface area contributed by atoms with Gasteiger partial charge in [0.2, 0.25) is 0 Å².